The number of rotatable bonds is 3. The van der Waals surface area contributed by atoms with Crippen molar-refractivity contribution in [1.29, 1.82) is 0 Å². The first-order valence-corrected chi connectivity index (χ1v) is 13.3. The molecule has 5 atom stereocenters. The first kappa shape index (κ1) is 23.3. The van der Waals surface area contributed by atoms with Crippen LogP contribution in [0.25, 0.3) is 0 Å². The second kappa shape index (κ2) is 8.61. The Hall–Kier alpha value is -3.81. The van der Waals surface area contributed by atoms with Crippen LogP contribution in [-0.4, -0.2) is 46.0 Å². The van der Waals surface area contributed by atoms with Crippen molar-refractivity contribution in [2.75, 3.05) is 11.9 Å². The smallest absolute Gasteiger partial charge is 0.215 e. The topological polar surface area (TPSA) is 89.4 Å². The van der Waals surface area contributed by atoms with Crippen LogP contribution < -0.4 is 15.5 Å². The van der Waals surface area contributed by atoms with Gasteiger partial charge < -0.3 is 20.3 Å². The number of aryl methyl sites for hydroxylation is 2. The number of aliphatic hydroxyl groups is 1. The number of phenols is 1. The Morgan fingerprint density at radius 3 is 2.50 bits per heavy atom. The summed E-state index contributed by atoms with van der Waals surface area (Å²) in [4.78, 5) is 4.95. The number of piperidine rings is 1. The van der Waals surface area contributed by atoms with Gasteiger partial charge in [-0.2, -0.15) is 0 Å². The molecular formula is C31H32N4O3. The Bertz CT molecular complexity index is 1450. The maximum atomic E-state index is 10.9. The van der Waals surface area contributed by atoms with Gasteiger partial charge in [0.05, 0.1) is 5.69 Å². The van der Waals surface area contributed by atoms with Crippen molar-refractivity contribution >= 4 is 17.3 Å². The standard InChI is InChI=1S/C31H32N4O3/c1-18-3-8-21(9-4-18)32-30(33-22-10-5-19(2)6-11-22)34-35-16-15-31-23-12-14-26(37)29(31)38-28-25(36)13-7-20(27(28)31)17-24(23)35/h3-14,23-24,26,29,36-37H,15-17H2,1-2H3,(H2,32,33,34)/t23-,24+,26-,29-,31-/m0/s1. The van der Waals surface area contributed by atoms with Crippen LogP contribution in [0, 0.1) is 19.8 Å². The summed E-state index contributed by atoms with van der Waals surface area (Å²) in [5, 5.41) is 27.3. The summed E-state index contributed by atoms with van der Waals surface area (Å²) in [6.45, 7) is 4.90. The maximum absolute atomic E-state index is 10.9. The number of aliphatic imine (C=N–C) groups is 1. The molecule has 3 aromatic rings. The van der Waals surface area contributed by atoms with E-state index in [1.54, 1.807) is 6.07 Å². The normalized spacial score (nSPS) is 29.0. The van der Waals surface area contributed by atoms with E-state index in [1.165, 1.54) is 16.7 Å². The quantitative estimate of drug-likeness (QED) is 0.237. The van der Waals surface area contributed by atoms with Gasteiger partial charge in [-0.15, -0.1) is 0 Å². The highest BCUT2D eigenvalue weighted by Crippen LogP contribution is 2.62. The lowest BCUT2D eigenvalue weighted by molar-refractivity contribution is -0.0592. The van der Waals surface area contributed by atoms with Gasteiger partial charge in [0, 0.05) is 35.2 Å². The van der Waals surface area contributed by atoms with E-state index in [9.17, 15) is 10.2 Å². The number of aliphatic hydroxyl groups excluding tert-OH is 1. The van der Waals surface area contributed by atoms with Crippen LogP contribution >= 0.6 is 0 Å². The number of guanidine groups is 1. The molecule has 2 heterocycles. The Kier molecular flexibility index (Phi) is 5.29. The highest BCUT2D eigenvalue weighted by atomic mass is 16.5. The summed E-state index contributed by atoms with van der Waals surface area (Å²) >= 11 is 0. The van der Waals surface area contributed by atoms with Gasteiger partial charge in [-0.05, 0) is 62.6 Å². The molecule has 0 saturated carbocycles. The number of phenolic OH excluding ortho intramolecular Hbond substituents is 1. The molecule has 1 fully saturated rings. The monoisotopic (exact) mass is 508 g/mol. The van der Waals surface area contributed by atoms with Gasteiger partial charge in [0.1, 0.15) is 12.2 Å². The van der Waals surface area contributed by atoms with Gasteiger partial charge in [-0.1, -0.05) is 53.6 Å². The summed E-state index contributed by atoms with van der Waals surface area (Å²) in [6.07, 6.45) is 4.53. The molecule has 7 heteroatoms. The summed E-state index contributed by atoms with van der Waals surface area (Å²) in [6, 6.07) is 20.3. The fourth-order valence-corrected chi connectivity index (χ4v) is 6.93. The van der Waals surface area contributed by atoms with Crippen molar-refractivity contribution in [2.24, 2.45) is 10.9 Å². The van der Waals surface area contributed by atoms with Crippen molar-refractivity contribution in [2.45, 2.75) is 50.4 Å². The molecule has 2 bridgehead atoms. The van der Waals surface area contributed by atoms with E-state index in [0.29, 0.717) is 11.7 Å². The molecule has 38 heavy (non-hydrogen) atoms. The zero-order chi connectivity index (χ0) is 26.0. The number of nitrogens with zero attached hydrogens (tertiary/aromatic N) is 2. The summed E-state index contributed by atoms with van der Waals surface area (Å²) < 4.78 is 6.29. The SMILES string of the molecule is Cc1ccc(N=C(Nc2ccc(C)cc2)NN2CC[C@]34c5c6ccc(O)c5O[C@H]3[C@@H](O)C=C[C@H]4[C@H]2C6)cc1. The van der Waals surface area contributed by atoms with Crippen molar-refractivity contribution in [3.63, 3.8) is 0 Å². The van der Waals surface area contributed by atoms with E-state index in [4.69, 9.17) is 9.73 Å². The van der Waals surface area contributed by atoms with E-state index in [0.717, 1.165) is 36.3 Å². The summed E-state index contributed by atoms with van der Waals surface area (Å²) in [5.74, 6) is 1.51. The predicted molar refractivity (Wildman–Crippen MR) is 148 cm³/mol. The minimum Gasteiger partial charge on any atom is -0.504 e. The van der Waals surface area contributed by atoms with E-state index >= 15 is 0 Å². The second-order valence-electron chi connectivity index (χ2n) is 11.0. The minimum absolute atomic E-state index is 0.129. The molecule has 4 N–H and O–H groups in total. The van der Waals surface area contributed by atoms with E-state index in [1.807, 2.05) is 24.3 Å². The zero-order valence-corrected chi connectivity index (χ0v) is 21.6. The third-order valence-electron chi connectivity index (χ3n) is 8.71. The third kappa shape index (κ3) is 3.53. The largest absolute Gasteiger partial charge is 0.504 e. The van der Waals surface area contributed by atoms with Crippen molar-refractivity contribution < 1.29 is 14.9 Å². The van der Waals surface area contributed by atoms with Crippen molar-refractivity contribution in [3.8, 4) is 11.5 Å². The Labute approximate surface area is 222 Å². The predicted octanol–water partition coefficient (Wildman–Crippen LogP) is 4.49. The Balaban J connectivity index is 1.25. The summed E-state index contributed by atoms with van der Waals surface area (Å²) in [7, 11) is 0. The van der Waals surface area contributed by atoms with E-state index < -0.39 is 12.2 Å². The molecule has 7 nitrogen and oxygen atoms in total. The number of aromatic hydroxyl groups is 1. The third-order valence-corrected chi connectivity index (χ3v) is 8.71. The Morgan fingerprint density at radius 2 is 1.74 bits per heavy atom. The number of hydrogen-bond donors (Lipinski definition) is 4. The van der Waals surface area contributed by atoms with E-state index in [2.05, 4.69) is 72.1 Å². The van der Waals surface area contributed by atoms with Crippen LogP contribution in [0.3, 0.4) is 0 Å². The van der Waals surface area contributed by atoms with Crippen LogP contribution in [0.1, 0.15) is 28.7 Å². The van der Waals surface area contributed by atoms with Crippen LogP contribution in [0.2, 0.25) is 0 Å². The van der Waals surface area contributed by atoms with Crippen molar-refractivity contribution in [3.05, 3.63) is 95.1 Å². The van der Waals surface area contributed by atoms with Crippen LogP contribution in [0.5, 0.6) is 11.5 Å². The number of hydrogen-bond acceptors (Lipinski definition) is 5. The fraction of sp³-hybridized carbons (Fsp3) is 0.323. The molecule has 1 saturated heterocycles. The van der Waals surface area contributed by atoms with Gasteiger partial charge in [0.2, 0.25) is 5.96 Å². The van der Waals surface area contributed by atoms with Crippen LogP contribution in [-0.2, 0) is 11.8 Å². The molecule has 2 aliphatic carbocycles. The molecule has 0 amide bonds. The van der Waals surface area contributed by atoms with Crippen LogP contribution in [0.4, 0.5) is 11.4 Å². The van der Waals surface area contributed by atoms with Gasteiger partial charge in [0.15, 0.2) is 11.5 Å². The Morgan fingerprint density at radius 1 is 1.00 bits per heavy atom. The fourth-order valence-electron chi connectivity index (χ4n) is 6.93. The number of hydrazine groups is 1. The molecule has 2 aliphatic heterocycles. The number of benzene rings is 3. The second-order valence-corrected chi connectivity index (χ2v) is 11.0. The molecule has 194 valence electrons. The summed E-state index contributed by atoms with van der Waals surface area (Å²) in [5.41, 5.74) is 9.78. The molecule has 0 aromatic heterocycles. The number of anilines is 1. The number of nitrogens with one attached hydrogen (secondary N) is 2. The molecule has 4 aliphatic rings. The van der Waals surface area contributed by atoms with Crippen LogP contribution in [0.15, 0.2) is 77.8 Å². The van der Waals surface area contributed by atoms with Gasteiger partial charge in [0.25, 0.3) is 0 Å². The van der Waals surface area contributed by atoms with Gasteiger partial charge >= 0.3 is 0 Å². The lowest BCUT2D eigenvalue weighted by Crippen LogP contribution is -2.68. The number of ether oxygens (including phenoxy) is 1. The highest BCUT2D eigenvalue weighted by molar-refractivity contribution is 5.95. The average Bonchev–Trinajstić information content (AvgIpc) is 3.27. The minimum atomic E-state index is -0.703. The molecule has 7 rings (SSSR count). The average molecular weight is 509 g/mol. The molecular weight excluding hydrogens is 476 g/mol. The zero-order valence-electron chi connectivity index (χ0n) is 21.6. The van der Waals surface area contributed by atoms with E-state index in [-0.39, 0.29) is 23.1 Å². The lowest BCUT2D eigenvalue weighted by Gasteiger charge is -2.57. The van der Waals surface area contributed by atoms with Gasteiger partial charge in [-0.3, -0.25) is 5.43 Å². The van der Waals surface area contributed by atoms with Crippen molar-refractivity contribution in [1.82, 2.24) is 10.4 Å². The van der Waals surface area contributed by atoms with Gasteiger partial charge in [-0.25, -0.2) is 10.0 Å². The maximum Gasteiger partial charge on any atom is 0.215 e. The lowest BCUT2D eigenvalue weighted by atomic mass is 9.53. The molecule has 0 radical (unpaired) electrons. The first-order chi connectivity index (χ1) is 18.4. The molecule has 3 aromatic carbocycles. The molecule has 1 spiro atoms. The first-order valence-electron chi connectivity index (χ1n) is 13.3. The molecule has 0 unspecified atom stereocenters. The highest BCUT2D eigenvalue weighted by Gasteiger charge is 2.64.